The lowest BCUT2D eigenvalue weighted by molar-refractivity contribution is -0.197. The maximum absolute atomic E-state index is 13.2. The Morgan fingerprint density at radius 1 is 0.667 bits per heavy atom. The summed E-state index contributed by atoms with van der Waals surface area (Å²) in [5.74, 6) is -1.79. The zero-order valence-electron chi connectivity index (χ0n) is 20.8. The number of carbonyl (C=O) groups excluding carboxylic acids is 3. The standard InChI is InChI=1S/C29H24N2O8/c1-18-30-31-26(36-18)25-24(39-29(34)21-15-9-4-10-16-21)23(38-28(33)20-13-7-3-8-14-20)22(17-35-25)37-27(32)19-11-5-2-6-12-19/h2-16,22-25H,17H2,1H3/t22-,23+,24+,25-/m1/s1. The van der Waals surface area contributed by atoms with Crippen LogP contribution in [0.4, 0.5) is 0 Å². The minimum absolute atomic E-state index is 0.0203. The highest BCUT2D eigenvalue weighted by molar-refractivity contribution is 5.91. The Hall–Kier alpha value is -4.83. The van der Waals surface area contributed by atoms with Crippen molar-refractivity contribution in [2.75, 3.05) is 6.61 Å². The van der Waals surface area contributed by atoms with Crippen LogP contribution in [0.1, 0.15) is 49.0 Å². The molecule has 0 spiro atoms. The van der Waals surface area contributed by atoms with Crippen LogP contribution in [0.3, 0.4) is 0 Å². The molecule has 0 aliphatic carbocycles. The van der Waals surface area contributed by atoms with Crippen LogP contribution in [0.2, 0.25) is 0 Å². The van der Waals surface area contributed by atoms with Gasteiger partial charge in [0.05, 0.1) is 23.3 Å². The lowest BCUT2D eigenvalue weighted by Gasteiger charge is -2.39. The van der Waals surface area contributed by atoms with E-state index in [1.165, 1.54) is 0 Å². The van der Waals surface area contributed by atoms with E-state index in [0.29, 0.717) is 0 Å². The molecule has 3 aromatic carbocycles. The maximum Gasteiger partial charge on any atom is 0.338 e. The molecule has 0 radical (unpaired) electrons. The highest BCUT2D eigenvalue weighted by atomic mass is 16.6. The van der Waals surface area contributed by atoms with Crippen molar-refractivity contribution < 1.29 is 37.7 Å². The largest absolute Gasteiger partial charge is 0.452 e. The predicted octanol–water partition coefficient (Wildman–Crippen LogP) is 4.13. The predicted molar refractivity (Wildman–Crippen MR) is 135 cm³/mol. The fourth-order valence-electron chi connectivity index (χ4n) is 4.10. The molecule has 1 aliphatic heterocycles. The summed E-state index contributed by atoms with van der Waals surface area (Å²) in [5, 5.41) is 7.87. The van der Waals surface area contributed by atoms with E-state index in [1.807, 2.05) is 0 Å². The summed E-state index contributed by atoms with van der Waals surface area (Å²) in [6, 6.07) is 24.9. The first-order chi connectivity index (χ1) is 19.0. The molecule has 0 amide bonds. The molecule has 0 bridgehead atoms. The van der Waals surface area contributed by atoms with Crippen LogP contribution < -0.4 is 0 Å². The number of ether oxygens (including phenoxy) is 4. The van der Waals surface area contributed by atoms with Gasteiger partial charge in [0.25, 0.3) is 0 Å². The Labute approximate surface area is 223 Å². The van der Waals surface area contributed by atoms with Gasteiger partial charge in [0.1, 0.15) is 0 Å². The molecule has 1 aliphatic rings. The van der Waals surface area contributed by atoms with Gasteiger partial charge in [0, 0.05) is 6.92 Å². The van der Waals surface area contributed by atoms with E-state index in [9.17, 15) is 14.4 Å². The molecule has 0 N–H and O–H groups in total. The summed E-state index contributed by atoms with van der Waals surface area (Å²) in [6.07, 6.45) is -4.80. The second-order valence-electron chi connectivity index (χ2n) is 8.69. The maximum atomic E-state index is 13.2. The highest BCUT2D eigenvalue weighted by Gasteiger charge is 2.50. The third-order valence-corrected chi connectivity index (χ3v) is 5.99. The van der Waals surface area contributed by atoms with E-state index in [1.54, 1.807) is 97.9 Å². The number of esters is 3. The number of aryl methyl sites for hydroxylation is 1. The van der Waals surface area contributed by atoms with Gasteiger partial charge in [0.2, 0.25) is 11.8 Å². The minimum Gasteiger partial charge on any atom is -0.452 e. The summed E-state index contributed by atoms with van der Waals surface area (Å²) in [4.78, 5) is 39.3. The van der Waals surface area contributed by atoms with Crippen LogP contribution in [0.15, 0.2) is 95.4 Å². The van der Waals surface area contributed by atoms with Gasteiger partial charge in [-0.1, -0.05) is 54.6 Å². The van der Waals surface area contributed by atoms with Gasteiger partial charge in [-0.25, -0.2) is 14.4 Å². The van der Waals surface area contributed by atoms with Gasteiger partial charge in [-0.2, -0.15) is 0 Å². The number of hydrogen-bond donors (Lipinski definition) is 0. The van der Waals surface area contributed by atoms with Crippen molar-refractivity contribution in [3.8, 4) is 0 Å². The van der Waals surface area contributed by atoms with Crippen molar-refractivity contribution in [3.63, 3.8) is 0 Å². The minimum atomic E-state index is -1.30. The third kappa shape index (κ3) is 6.02. The topological polar surface area (TPSA) is 127 Å². The molecule has 39 heavy (non-hydrogen) atoms. The molecule has 0 saturated carbocycles. The average Bonchev–Trinajstić information content (AvgIpc) is 3.41. The first-order valence-corrected chi connectivity index (χ1v) is 12.2. The molecule has 1 saturated heterocycles. The average molecular weight is 529 g/mol. The molecule has 1 aromatic heterocycles. The van der Waals surface area contributed by atoms with E-state index in [0.717, 1.165) is 0 Å². The van der Waals surface area contributed by atoms with Crippen molar-refractivity contribution in [2.45, 2.75) is 31.3 Å². The van der Waals surface area contributed by atoms with Crippen LogP contribution in [0.25, 0.3) is 0 Å². The Morgan fingerprint density at radius 2 is 1.13 bits per heavy atom. The van der Waals surface area contributed by atoms with Gasteiger partial charge in [-0.05, 0) is 36.4 Å². The molecule has 10 nitrogen and oxygen atoms in total. The van der Waals surface area contributed by atoms with Crippen molar-refractivity contribution in [3.05, 3.63) is 119 Å². The zero-order chi connectivity index (χ0) is 27.2. The van der Waals surface area contributed by atoms with Gasteiger partial charge < -0.3 is 23.4 Å². The molecule has 2 heterocycles. The summed E-state index contributed by atoms with van der Waals surface area (Å²) in [7, 11) is 0. The Morgan fingerprint density at radius 3 is 1.59 bits per heavy atom. The first-order valence-electron chi connectivity index (χ1n) is 12.2. The number of rotatable bonds is 7. The second-order valence-corrected chi connectivity index (χ2v) is 8.69. The van der Waals surface area contributed by atoms with E-state index in [2.05, 4.69) is 10.2 Å². The Kier molecular flexibility index (Phi) is 7.74. The molecule has 198 valence electrons. The number of hydrogen-bond acceptors (Lipinski definition) is 10. The number of nitrogens with zero attached hydrogens (tertiary/aromatic N) is 2. The van der Waals surface area contributed by atoms with Crippen LogP contribution in [-0.4, -0.2) is 53.0 Å². The van der Waals surface area contributed by atoms with Crippen LogP contribution in [0.5, 0.6) is 0 Å². The molecule has 4 atom stereocenters. The first kappa shape index (κ1) is 25.8. The summed E-state index contributed by atoms with van der Waals surface area (Å²) in [6.45, 7) is 1.40. The van der Waals surface area contributed by atoms with Crippen molar-refractivity contribution >= 4 is 17.9 Å². The zero-order valence-corrected chi connectivity index (χ0v) is 20.8. The van der Waals surface area contributed by atoms with E-state index in [-0.39, 0.29) is 35.1 Å². The molecule has 10 heteroatoms. The Bertz CT molecular complexity index is 1430. The van der Waals surface area contributed by atoms with E-state index < -0.39 is 42.3 Å². The molecule has 4 aromatic rings. The SMILES string of the molecule is Cc1nnc([C@@H]2OC[C@@H](OC(=O)c3ccccc3)[C@H](OC(=O)c3ccccc3)[C@@H]2OC(=O)c2ccccc2)o1. The van der Waals surface area contributed by atoms with Crippen molar-refractivity contribution in [2.24, 2.45) is 0 Å². The van der Waals surface area contributed by atoms with Gasteiger partial charge in [-0.3, -0.25) is 0 Å². The van der Waals surface area contributed by atoms with Crippen molar-refractivity contribution in [1.29, 1.82) is 0 Å². The molecule has 1 fully saturated rings. The van der Waals surface area contributed by atoms with Gasteiger partial charge >= 0.3 is 17.9 Å². The van der Waals surface area contributed by atoms with Crippen LogP contribution in [0, 0.1) is 6.92 Å². The monoisotopic (exact) mass is 528 g/mol. The Balaban J connectivity index is 1.50. The highest BCUT2D eigenvalue weighted by Crippen LogP contribution is 2.34. The molecule has 0 unspecified atom stereocenters. The molecule has 5 rings (SSSR count). The molecular formula is C29H24N2O8. The number of aromatic nitrogens is 2. The quantitative estimate of drug-likeness (QED) is 0.255. The summed E-state index contributed by atoms with van der Waals surface area (Å²) in [5.41, 5.74) is 0.808. The lowest BCUT2D eigenvalue weighted by Crippen LogP contribution is -2.54. The van der Waals surface area contributed by atoms with Gasteiger partial charge in [-0.15, -0.1) is 10.2 Å². The fraction of sp³-hybridized carbons (Fsp3) is 0.207. The number of carbonyl (C=O) groups is 3. The van der Waals surface area contributed by atoms with E-state index in [4.69, 9.17) is 23.4 Å². The fourth-order valence-corrected chi connectivity index (χ4v) is 4.10. The van der Waals surface area contributed by atoms with E-state index >= 15 is 0 Å². The normalized spacial score (nSPS) is 20.5. The van der Waals surface area contributed by atoms with Crippen LogP contribution in [-0.2, 0) is 18.9 Å². The van der Waals surface area contributed by atoms with Gasteiger partial charge in [0.15, 0.2) is 24.4 Å². The molecular weight excluding hydrogens is 504 g/mol. The third-order valence-electron chi connectivity index (χ3n) is 5.99. The summed E-state index contributed by atoms with van der Waals surface area (Å²) < 4.78 is 29.0. The summed E-state index contributed by atoms with van der Waals surface area (Å²) >= 11 is 0. The smallest absolute Gasteiger partial charge is 0.338 e. The second kappa shape index (κ2) is 11.7. The van der Waals surface area contributed by atoms with Crippen molar-refractivity contribution in [1.82, 2.24) is 10.2 Å². The number of benzene rings is 3. The lowest BCUT2D eigenvalue weighted by atomic mass is 9.98. The van der Waals surface area contributed by atoms with Crippen LogP contribution >= 0.6 is 0 Å².